The molecule has 1 aromatic rings. The third-order valence-corrected chi connectivity index (χ3v) is 4.13. The van der Waals surface area contributed by atoms with E-state index in [0.717, 1.165) is 5.56 Å². The lowest BCUT2D eigenvalue weighted by molar-refractivity contribution is -0.157. The molecule has 112 valence electrons. The molecule has 0 aromatic heterocycles. The van der Waals surface area contributed by atoms with Crippen LogP contribution in [0.3, 0.4) is 0 Å². The summed E-state index contributed by atoms with van der Waals surface area (Å²) in [5, 5.41) is 4.70. The first-order valence-electron chi connectivity index (χ1n) is 6.97. The van der Waals surface area contributed by atoms with Crippen molar-refractivity contribution in [3.63, 3.8) is 0 Å². The van der Waals surface area contributed by atoms with Gasteiger partial charge in [0.05, 0.1) is 18.9 Å². The van der Waals surface area contributed by atoms with Gasteiger partial charge in [-0.05, 0) is 13.0 Å². The Bertz CT molecular complexity index is 584. The fraction of sp³-hybridized carbons (Fsp3) is 0.467. The van der Waals surface area contributed by atoms with Crippen LogP contribution in [0.25, 0.3) is 0 Å². The highest BCUT2D eigenvalue weighted by atomic mass is 35.5. The van der Waals surface area contributed by atoms with Crippen molar-refractivity contribution in [1.82, 2.24) is 4.90 Å². The maximum atomic E-state index is 12.6. The zero-order valence-corrected chi connectivity index (χ0v) is 12.6. The summed E-state index contributed by atoms with van der Waals surface area (Å²) >= 11 is 6.18. The fourth-order valence-corrected chi connectivity index (χ4v) is 2.84. The molecule has 6 heteroatoms. The molecule has 0 saturated carbocycles. The van der Waals surface area contributed by atoms with Crippen LogP contribution in [0.4, 0.5) is 0 Å². The van der Waals surface area contributed by atoms with Crippen LogP contribution in [0.15, 0.2) is 29.4 Å². The molecular formula is C15H17ClN2O3. The van der Waals surface area contributed by atoms with Crippen molar-refractivity contribution >= 4 is 23.2 Å². The Morgan fingerprint density at radius 1 is 1.33 bits per heavy atom. The van der Waals surface area contributed by atoms with Gasteiger partial charge in [0.15, 0.2) is 0 Å². The van der Waals surface area contributed by atoms with Gasteiger partial charge in [0.2, 0.25) is 5.60 Å². The molecule has 2 aliphatic heterocycles. The van der Waals surface area contributed by atoms with E-state index in [9.17, 15) is 4.79 Å². The molecule has 1 atom stereocenters. The number of nitrogens with zero attached hydrogens (tertiary/aromatic N) is 2. The van der Waals surface area contributed by atoms with Gasteiger partial charge in [-0.1, -0.05) is 35.0 Å². The molecule has 1 saturated heterocycles. The second-order valence-corrected chi connectivity index (χ2v) is 5.83. The van der Waals surface area contributed by atoms with Crippen LogP contribution in [0.2, 0.25) is 5.02 Å². The number of rotatable bonds is 2. The lowest BCUT2D eigenvalue weighted by Gasteiger charge is -2.32. The molecule has 2 aliphatic rings. The van der Waals surface area contributed by atoms with Gasteiger partial charge in [-0.15, -0.1) is 0 Å². The predicted molar refractivity (Wildman–Crippen MR) is 79.5 cm³/mol. The predicted octanol–water partition coefficient (Wildman–Crippen LogP) is 2.08. The molecule has 3 rings (SSSR count). The molecule has 0 bridgehead atoms. The Morgan fingerprint density at radius 2 is 2.05 bits per heavy atom. The lowest BCUT2D eigenvalue weighted by Crippen LogP contribution is -2.51. The standard InChI is InChI=1S/C15H17ClN2O3/c1-15(14(19)18-6-8-20-9-7-18)10-13(17-21-15)11-4-2-3-5-12(11)16/h2-5H,6-10H2,1H3/t15-/m1/s1. The number of oxime groups is 1. The lowest BCUT2D eigenvalue weighted by atomic mass is 9.94. The van der Waals surface area contributed by atoms with E-state index in [1.165, 1.54) is 0 Å². The number of carbonyl (C=O) groups excluding carboxylic acids is 1. The molecule has 1 amide bonds. The number of ether oxygens (including phenoxy) is 1. The zero-order valence-electron chi connectivity index (χ0n) is 11.8. The number of hydrogen-bond donors (Lipinski definition) is 0. The van der Waals surface area contributed by atoms with Crippen molar-refractivity contribution in [2.75, 3.05) is 26.3 Å². The first-order chi connectivity index (χ1) is 10.1. The molecule has 0 radical (unpaired) electrons. The van der Waals surface area contributed by atoms with Gasteiger partial charge in [0.1, 0.15) is 0 Å². The molecule has 21 heavy (non-hydrogen) atoms. The number of amides is 1. The number of benzene rings is 1. The molecule has 0 aliphatic carbocycles. The molecule has 1 aromatic carbocycles. The largest absolute Gasteiger partial charge is 0.379 e. The average Bonchev–Trinajstić information content (AvgIpc) is 2.91. The maximum Gasteiger partial charge on any atom is 0.269 e. The van der Waals surface area contributed by atoms with E-state index in [1.807, 2.05) is 18.2 Å². The van der Waals surface area contributed by atoms with Gasteiger partial charge in [-0.25, -0.2) is 0 Å². The van der Waals surface area contributed by atoms with Crippen LogP contribution in [0, 0.1) is 0 Å². The van der Waals surface area contributed by atoms with Gasteiger partial charge in [0, 0.05) is 30.1 Å². The SMILES string of the molecule is C[C@]1(C(=O)N2CCOCC2)CC(c2ccccc2Cl)=NO1. The van der Waals surface area contributed by atoms with E-state index >= 15 is 0 Å². The third-order valence-electron chi connectivity index (χ3n) is 3.80. The highest BCUT2D eigenvalue weighted by Crippen LogP contribution is 2.31. The third kappa shape index (κ3) is 2.76. The second-order valence-electron chi connectivity index (χ2n) is 5.42. The van der Waals surface area contributed by atoms with E-state index in [2.05, 4.69) is 5.16 Å². The summed E-state index contributed by atoms with van der Waals surface area (Å²) in [6, 6.07) is 7.44. The monoisotopic (exact) mass is 308 g/mol. The average molecular weight is 309 g/mol. The summed E-state index contributed by atoms with van der Waals surface area (Å²) < 4.78 is 5.27. The molecule has 0 spiro atoms. The fourth-order valence-electron chi connectivity index (χ4n) is 2.60. The van der Waals surface area contributed by atoms with Crippen LogP contribution >= 0.6 is 11.6 Å². The molecule has 5 nitrogen and oxygen atoms in total. The molecule has 0 unspecified atom stereocenters. The van der Waals surface area contributed by atoms with E-state index in [4.69, 9.17) is 21.2 Å². The van der Waals surface area contributed by atoms with Crippen LogP contribution in [-0.4, -0.2) is 48.4 Å². The van der Waals surface area contributed by atoms with Gasteiger partial charge < -0.3 is 14.5 Å². The van der Waals surface area contributed by atoms with Crippen molar-refractivity contribution in [2.45, 2.75) is 18.9 Å². The van der Waals surface area contributed by atoms with Gasteiger partial charge >= 0.3 is 0 Å². The Labute approximate surface area is 128 Å². The summed E-state index contributed by atoms with van der Waals surface area (Å²) in [5.74, 6) is -0.0448. The van der Waals surface area contributed by atoms with E-state index < -0.39 is 5.60 Å². The van der Waals surface area contributed by atoms with Crippen LogP contribution in [0.5, 0.6) is 0 Å². The topological polar surface area (TPSA) is 51.1 Å². The number of hydrogen-bond acceptors (Lipinski definition) is 4. The van der Waals surface area contributed by atoms with Crippen LogP contribution in [0.1, 0.15) is 18.9 Å². The van der Waals surface area contributed by atoms with Crippen molar-refractivity contribution in [2.24, 2.45) is 5.16 Å². The summed E-state index contributed by atoms with van der Waals surface area (Å²) in [5.41, 5.74) is 0.577. The summed E-state index contributed by atoms with van der Waals surface area (Å²) in [6.07, 6.45) is 0.424. The van der Waals surface area contributed by atoms with Crippen LogP contribution in [-0.2, 0) is 14.4 Å². The summed E-state index contributed by atoms with van der Waals surface area (Å²) in [6.45, 7) is 4.11. The highest BCUT2D eigenvalue weighted by molar-refractivity contribution is 6.34. The van der Waals surface area contributed by atoms with Crippen molar-refractivity contribution in [3.8, 4) is 0 Å². The van der Waals surface area contributed by atoms with Crippen LogP contribution < -0.4 is 0 Å². The second kappa shape index (κ2) is 5.66. The quantitative estimate of drug-likeness (QED) is 0.840. The molecule has 0 N–H and O–H groups in total. The van der Waals surface area contributed by atoms with Crippen molar-refractivity contribution in [1.29, 1.82) is 0 Å². The number of carbonyl (C=O) groups is 1. The maximum absolute atomic E-state index is 12.6. The van der Waals surface area contributed by atoms with Crippen molar-refractivity contribution in [3.05, 3.63) is 34.9 Å². The number of halogens is 1. The minimum Gasteiger partial charge on any atom is -0.379 e. The molecule has 2 heterocycles. The Balaban J connectivity index is 1.75. The minimum absolute atomic E-state index is 0.0448. The minimum atomic E-state index is -0.953. The Kier molecular flexibility index (Phi) is 3.87. The van der Waals surface area contributed by atoms with Crippen molar-refractivity contribution < 1.29 is 14.4 Å². The Morgan fingerprint density at radius 3 is 2.76 bits per heavy atom. The van der Waals surface area contributed by atoms with Gasteiger partial charge in [-0.2, -0.15) is 0 Å². The van der Waals surface area contributed by atoms with E-state index in [1.54, 1.807) is 17.9 Å². The smallest absolute Gasteiger partial charge is 0.269 e. The van der Waals surface area contributed by atoms with E-state index in [-0.39, 0.29) is 5.91 Å². The molecular weight excluding hydrogens is 292 g/mol. The van der Waals surface area contributed by atoms with Gasteiger partial charge in [-0.3, -0.25) is 4.79 Å². The first-order valence-corrected chi connectivity index (χ1v) is 7.35. The zero-order chi connectivity index (χ0) is 14.9. The van der Waals surface area contributed by atoms with Gasteiger partial charge in [0.25, 0.3) is 5.91 Å². The summed E-state index contributed by atoms with van der Waals surface area (Å²) in [4.78, 5) is 19.9. The summed E-state index contributed by atoms with van der Waals surface area (Å²) in [7, 11) is 0. The number of morpholine rings is 1. The Hall–Kier alpha value is -1.59. The normalized spacial score (nSPS) is 25.4. The van der Waals surface area contributed by atoms with E-state index in [0.29, 0.717) is 43.5 Å². The molecule has 1 fully saturated rings. The first kappa shape index (κ1) is 14.4. The highest BCUT2D eigenvalue weighted by Gasteiger charge is 2.45.